The zero-order valence-electron chi connectivity index (χ0n) is 28.5. The molecule has 0 amide bonds. The molecule has 11 rings (SSSR count). The molecule has 0 spiro atoms. The number of benzene rings is 7. The number of carbonyl (C=O) groups is 2. The first-order chi connectivity index (χ1) is 27.1. The zero-order chi connectivity index (χ0) is 38.6. The van der Waals surface area contributed by atoms with Gasteiger partial charge >= 0.3 is 23.2 Å². The highest BCUT2D eigenvalue weighted by Crippen LogP contribution is 2.38. The predicted octanol–water partition coefficient (Wildman–Crippen LogP) is 7.88. The molecular weight excluding hydrogens is 718 g/mol. The van der Waals surface area contributed by atoms with Crippen LogP contribution in [0.5, 0.6) is 0 Å². The summed E-state index contributed by atoms with van der Waals surface area (Å²) in [6.07, 6.45) is 0. The summed E-state index contributed by atoms with van der Waals surface area (Å²) in [5.74, 6) is -2.76. The number of hydrogen-bond donors (Lipinski definition) is 2. The van der Waals surface area contributed by atoms with Gasteiger partial charge in [0, 0.05) is 43.1 Å². The summed E-state index contributed by atoms with van der Waals surface area (Å²) in [4.78, 5) is 74.1. The predicted molar refractivity (Wildman–Crippen MR) is 210 cm³/mol. The van der Waals surface area contributed by atoms with Crippen LogP contribution >= 0.6 is 0 Å². The van der Waals surface area contributed by atoms with E-state index in [-0.39, 0.29) is 27.6 Å². The molecule has 4 heterocycles. The maximum Gasteiger partial charge on any atom is 0.346 e. The summed E-state index contributed by atoms with van der Waals surface area (Å²) < 4.78 is 17.6. The minimum Gasteiger partial charge on any atom is -0.478 e. The zero-order valence-corrected chi connectivity index (χ0v) is 28.5. The molecular formula is C44H21NO11. The Bertz CT molecular complexity index is 3660. The van der Waals surface area contributed by atoms with Crippen LogP contribution in [0.15, 0.2) is 148 Å². The maximum atomic E-state index is 13.5. The quantitative estimate of drug-likeness (QED) is 0.133. The molecule has 0 unspecified atom stereocenters. The van der Waals surface area contributed by atoms with Gasteiger partial charge in [-0.2, -0.15) is 0 Å². The normalized spacial score (nSPS) is 11.8. The smallest absolute Gasteiger partial charge is 0.346 e. The van der Waals surface area contributed by atoms with Crippen LogP contribution in [0.25, 0.3) is 92.7 Å². The van der Waals surface area contributed by atoms with Gasteiger partial charge in [0.1, 0.15) is 22.3 Å². The average Bonchev–Trinajstić information content (AvgIpc) is 3.20. The van der Waals surface area contributed by atoms with Crippen LogP contribution in [0.1, 0.15) is 20.7 Å². The Morgan fingerprint density at radius 2 is 0.821 bits per heavy atom. The van der Waals surface area contributed by atoms with Crippen molar-refractivity contribution in [1.29, 1.82) is 0 Å². The van der Waals surface area contributed by atoms with Crippen molar-refractivity contribution in [2.45, 2.75) is 0 Å². The van der Waals surface area contributed by atoms with Crippen LogP contribution in [0.2, 0.25) is 0 Å². The summed E-state index contributed by atoms with van der Waals surface area (Å²) in [5, 5.41) is 26.1. The van der Waals surface area contributed by atoms with E-state index in [2.05, 4.69) is 0 Å². The SMILES string of the molecule is O=C(O)c1cc(C(=O)O)cc(-n2c(=O)c3ccc4oc5ccccc5c5ccc(c2=O)c3c45)c1.O=c1oc(=O)c2ccc3c4ccccc4oc4ccc1c2c43. The number of hydrogen-bond acceptors (Lipinski definition) is 9. The second-order valence-electron chi connectivity index (χ2n) is 13.2. The number of aromatic carboxylic acids is 2. The Morgan fingerprint density at radius 1 is 0.411 bits per heavy atom. The first kappa shape index (κ1) is 32.5. The summed E-state index contributed by atoms with van der Waals surface area (Å²) in [5.41, 5.74) is -0.817. The number of para-hydroxylation sites is 2. The van der Waals surface area contributed by atoms with E-state index in [4.69, 9.17) is 13.3 Å². The lowest BCUT2D eigenvalue weighted by Gasteiger charge is -2.14. The molecule has 7 aromatic carbocycles. The van der Waals surface area contributed by atoms with Crippen LogP contribution in [-0.2, 0) is 0 Å². The number of carboxylic acid groups (broad SMARTS) is 2. The van der Waals surface area contributed by atoms with Gasteiger partial charge in [-0.15, -0.1) is 0 Å². The van der Waals surface area contributed by atoms with E-state index in [0.717, 1.165) is 55.3 Å². The lowest BCUT2D eigenvalue weighted by molar-refractivity contribution is 0.0696. The molecule has 4 aromatic heterocycles. The molecule has 0 aliphatic carbocycles. The molecule has 56 heavy (non-hydrogen) atoms. The first-order valence-electron chi connectivity index (χ1n) is 17.1. The van der Waals surface area contributed by atoms with E-state index in [1.165, 1.54) is 0 Å². The molecule has 12 nitrogen and oxygen atoms in total. The van der Waals surface area contributed by atoms with Gasteiger partial charge in [0.25, 0.3) is 11.1 Å². The van der Waals surface area contributed by atoms with Gasteiger partial charge in [-0.1, -0.05) is 48.5 Å². The van der Waals surface area contributed by atoms with Crippen molar-refractivity contribution < 1.29 is 33.1 Å². The highest BCUT2D eigenvalue weighted by molar-refractivity contribution is 6.27. The molecule has 0 saturated carbocycles. The molecule has 268 valence electrons. The van der Waals surface area contributed by atoms with Crippen LogP contribution in [0.4, 0.5) is 0 Å². The van der Waals surface area contributed by atoms with Crippen molar-refractivity contribution in [2.75, 3.05) is 0 Å². The second-order valence-corrected chi connectivity index (χ2v) is 13.2. The molecule has 0 atom stereocenters. The first-order valence-corrected chi connectivity index (χ1v) is 17.1. The van der Waals surface area contributed by atoms with E-state index in [1.54, 1.807) is 42.5 Å². The van der Waals surface area contributed by atoms with E-state index in [0.29, 0.717) is 43.7 Å². The Kier molecular flexibility index (Phi) is 6.79. The highest BCUT2D eigenvalue weighted by Gasteiger charge is 2.22. The molecule has 0 fully saturated rings. The van der Waals surface area contributed by atoms with Gasteiger partial charge in [0.2, 0.25) is 0 Å². The van der Waals surface area contributed by atoms with Crippen molar-refractivity contribution in [3.8, 4) is 5.69 Å². The van der Waals surface area contributed by atoms with Gasteiger partial charge in [-0.3, -0.25) is 9.59 Å². The number of carboxylic acids is 2. The molecule has 0 aliphatic rings. The minimum absolute atomic E-state index is 0.132. The van der Waals surface area contributed by atoms with E-state index in [9.17, 15) is 39.0 Å². The molecule has 2 N–H and O–H groups in total. The van der Waals surface area contributed by atoms with Crippen LogP contribution in [-0.4, -0.2) is 26.7 Å². The Balaban J connectivity index is 0.000000150. The standard InChI is InChI=1S/C26H13NO7.C18H8O4/c28-23-17-6-5-16-15-3-1-2-4-19(15)34-20-8-7-18(21(17)22(16)20)24(29)27(23)14-10-12(25(30)31)9-13(11-14)26(32)33;19-17-11-6-5-10-9-3-1-2-4-13(9)21-14-8-7-12(18(20)22-17)15(11)16(10)14/h1-11H,(H,30,31)(H,32,33);1-8H. The number of fused-ring (bicyclic) bond motifs is 4. The molecule has 0 bridgehead atoms. The third-order valence-corrected chi connectivity index (χ3v) is 10.2. The van der Waals surface area contributed by atoms with Gasteiger partial charge in [0.15, 0.2) is 0 Å². The van der Waals surface area contributed by atoms with E-state index < -0.39 is 34.3 Å². The summed E-state index contributed by atoms with van der Waals surface area (Å²) >= 11 is 0. The maximum absolute atomic E-state index is 13.5. The topological polar surface area (TPSA) is 187 Å². The van der Waals surface area contributed by atoms with Crippen LogP contribution in [0.3, 0.4) is 0 Å². The minimum atomic E-state index is -1.38. The highest BCUT2D eigenvalue weighted by atomic mass is 16.4. The largest absolute Gasteiger partial charge is 0.478 e. The Hall–Kier alpha value is -8.12. The fraction of sp³-hybridized carbons (Fsp3) is 0. The second kappa shape index (κ2) is 11.7. The van der Waals surface area contributed by atoms with Gasteiger partial charge in [-0.05, 0) is 77.5 Å². The lowest BCUT2D eigenvalue weighted by atomic mass is 9.96. The average molecular weight is 740 g/mol. The van der Waals surface area contributed by atoms with Crippen LogP contribution in [0, 0.1) is 0 Å². The number of pyridine rings is 1. The number of nitrogens with zero attached hydrogens (tertiary/aromatic N) is 1. The van der Waals surface area contributed by atoms with Gasteiger partial charge in [-0.25, -0.2) is 23.7 Å². The van der Waals surface area contributed by atoms with E-state index >= 15 is 0 Å². The molecule has 12 heteroatoms. The van der Waals surface area contributed by atoms with Crippen molar-refractivity contribution in [2.24, 2.45) is 0 Å². The monoisotopic (exact) mass is 739 g/mol. The van der Waals surface area contributed by atoms with Gasteiger partial charge in [0.05, 0.1) is 27.6 Å². The third-order valence-electron chi connectivity index (χ3n) is 10.2. The van der Waals surface area contributed by atoms with Crippen molar-refractivity contribution >= 4 is 98.9 Å². The summed E-state index contributed by atoms with van der Waals surface area (Å²) in [6, 6.07) is 32.0. The van der Waals surface area contributed by atoms with Crippen molar-refractivity contribution in [3.63, 3.8) is 0 Å². The lowest BCUT2D eigenvalue weighted by Crippen LogP contribution is -2.32. The fourth-order valence-corrected chi connectivity index (χ4v) is 7.79. The van der Waals surface area contributed by atoms with E-state index in [1.807, 2.05) is 54.6 Å². The summed E-state index contributed by atoms with van der Waals surface area (Å²) in [7, 11) is 0. The molecule has 0 radical (unpaired) electrons. The van der Waals surface area contributed by atoms with Gasteiger partial charge < -0.3 is 23.5 Å². The van der Waals surface area contributed by atoms with Crippen LogP contribution < -0.4 is 22.4 Å². The Morgan fingerprint density at radius 3 is 1.32 bits per heavy atom. The van der Waals surface area contributed by atoms with Crippen molar-refractivity contribution in [1.82, 2.24) is 4.57 Å². The fourth-order valence-electron chi connectivity index (χ4n) is 7.79. The third kappa shape index (κ3) is 4.59. The number of rotatable bonds is 3. The summed E-state index contributed by atoms with van der Waals surface area (Å²) in [6.45, 7) is 0. The number of aromatic nitrogens is 1. The molecule has 0 saturated heterocycles. The Labute approximate surface area is 309 Å². The van der Waals surface area contributed by atoms with Crippen molar-refractivity contribution in [3.05, 3.63) is 168 Å². The molecule has 11 aromatic rings. The molecule has 0 aliphatic heterocycles.